The molecule has 1 fully saturated rings. The Bertz CT molecular complexity index is 1370. The predicted octanol–water partition coefficient (Wildman–Crippen LogP) is 3.56. The molecule has 1 atom stereocenters. The number of hydrogen-bond acceptors (Lipinski definition) is 8. The van der Waals surface area contributed by atoms with Crippen LogP contribution in [0.1, 0.15) is 64.9 Å². The number of fused-ring (bicyclic) bond motifs is 3. The second-order valence-corrected chi connectivity index (χ2v) is 8.39. The number of anilines is 4. The molecule has 1 aliphatic carbocycles. The van der Waals surface area contributed by atoms with Crippen molar-refractivity contribution in [1.82, 2.24) is 25.0 Å². The summed E-state index contributed by atoms with van der Waals surface area (Å²) in [5.74, 6) is -0.0493. The van der Waals surface area contributed by atoms with Gasteiger partial charge in [0.2, 0.25) is 5.91 Å². The number of aryl methyl sites for hydroxylation is 1. The Hall–Kier alpha value is -3.82. The topological polar surface area (TPSA) is 118 Å². The van der Waals surface area contributed by atoms with E-state index in [0.29, 0.717) is 11.5 Å². The standard InChI is InChI=1S/C23H26N8O2/c1-5-18(32)15-11-25-19(27-23(33)14-6-7-14)10-16(15)26-22-21-17(8-9-24-22)31-20(12(2)28-29-31)13(3)30(21)4/h8-11,13-14H,5-7H2,1-4H3,(H2,24,25,26,27,33)/i1D3. The molecule has 1 unspecified atom stereocenters. The number of Topliss-reactive ketones (excluding diaryl/α,β-unsaturated/α-hetero) is 1. The van der Waals surface area contributed by atoms with E-state index in [4.69, 9.17) is 4.11 Å². The second kappa shape index (κ2) is 7.95. The molecule has 0 bridgehead atoms. The zero-order valence-corrected chi connectivity index (χ0v) is 18.6. The number of rotatable bonds is 6. The molecule has 5 rings (SSSR count). The van der Waals surface area contributed by atoms with Crippen molar-refractivity contribution in [3.05, 3.63) is 41.5 Å². The van der Waals surface area contributed by atoms with Gasteiger partial charge < -0.3 is 15.5 Å². The molecular formula is C23H26N8O2. The predicted molar refractivity (Wildman–Crippen MR) is 124 cm³/mol. The first kappa shape index (κ1) is 17.7. The van der Waals surface area contributed by atoms with Gasteiger partial charge in [0.25, 0.3) is 0 Å². The van der Waals surface area contributed by atoms with Crippen LogP contribution in [0.15, 0.2) is 24.5 Å². The molecular weight excluding hydrogens is 420 g/mol. The summed E-state index contributed by atoms with van der Waals surface area (Å²) in [6, 6.07) is 3.31. The maximum atomic E-state index is 12.9. The lowest BCUT2D eigenvalue weighted by Crippen LogP contribution is -2.31. The third-order valence-electron chi connectivity index (χ3n) is 6.16. The Morgan fingerprint density at radius 1 is 1.30 bits per heavy atom. The number of carbonyl (C=O) groups is 2. The molecule has 0 spiro atoms. The molecule has 3 aromatic heterocycles. The molecule has 2 aliphatic rings. The molecule has 3 aromatic rings. The lowest BCUT2D eigenvalue weighted by Gasteiger charge is -2.35. The first-order valence-corrected chi connectivity index (χ1v) is 10.8. The largest absolute Gasteiger partial charge is 0.361 e. The number of amides is 1. The van der Waals surface area contributed by atoms with Crippen molar-refractivity contribution in [1.29, 1.82) is 0 Å². The Kier molecular flexibility index (Phi) is 4.26. The quantitative estimate of drug-likeness (QED) is 0.549. The fourth-order valence-electron chi connectivity index (χ4n) is 4.10. The molecule has 0 radical (unpaired) electrons. The molecule has 2 N–H and O–H groups in total. The van der Waals surface area contributed by atoms with Crippen LogP contribution in [0, 0.1) is 12.8 Å². The Balaban J connectivity index is 1.57. The molecule has 10 nitrogen and oxygen atoms in total. The monoisotopic (exact) mass is 449 g/mol. The van der Waals surface area contributed by atoms with Gasteiger partial charge in [0.15, 0.2) is 11.6 Å². The van der Waals surface area contributed by atoms with E-state index in [9.17, 15) is 9.59 Å². The van der Waals surface area contributed by atoms with Crippen molar-refractivity contribution >= 4 is 34.7 Å². The molecule has 170 valence electrons. The lowest BCUT2D eigenvalue weighted by atomic mass is 10.1. The first-order chi connectivity index (χ1) is 17.0. The van der Waals surface area contributed by atoms with Crippen molar-refractivity contribution in [3.63, 3.8) is 0 Å². The van der Waals surface area contributed by atoms with Gasteiger partial charge >= 0.3 is 0 Å². The third-order valence-corrected chi connectivity index (χ3v) is 6.16. The second-order valence-electron chi connectivity index (χ2n) is 8.39. The van der Waals surface area contributed by atoms with Gasteiger partial charge in [-0.2, -0.15) is 0 Å². The number of carbonyl (C=O) groups excluding carboxylic acids is 2. The van der Waals surface area contributed by atoms with Crippen LogP contribution >= 0.6 is 0 Å². The summed E-state index contributed by atoms with van der Waals surface area (Å²) in [6.07, 6.45) is 3.93. The molecule has 4 heterocycles. The van der Waals surface area contributed by atoms with Gasteiger partial charge in [-0.1, -0.05) is 12.1 Å². The Morgan fingerprint density at radius 3 is 2.88 bits per heavy atom. The van der Waals surface area contributed by atoms with Gasteiger partial charge in [-0.3, -0.25) is 9.59 Å². The number of aromatic nitrogens is 5. The van der Waals surface area contributed by atoms with Gasteiger partial charge in [-0.05, 0) is 32.8 Å². The number of pyridine rings is 2. The van der Waals surface area contributed by atoms with Crippen LogP contribution in [0.2, 0.25) is 0 Å². The average Bonchev–Trinajstić information content (AvgIpc) is 3.58. The van der Waals surface area contributed by atoms with E-state index in [1.807, 2.05) is 31.9 Å². The summed E-state index contributed by atoms with van der Waals surface area (Å²) in [7, 11) is 1.93. The third kappa shape index (κ3) is 3.61. The zero-order valence-electron chi connectivity index (χ0n) is 21.6. The minimum absolute atomic E-state index is 0.0293. The van der Waals surface area contributed by atoms with Gasteiger partial charge in [-0.25, -0.2) is 14.6 Å². The number of hydrogen-bond donors (Lipinski definition) is 2. The molecule has 1 aliphatic heterocycles. The molecule has 33 heavy (non-hydrogen) atoms. The number of nitrogens with one attached hydrogen (secondary N) is 2. The summed E-state index contributed by atoms with van der Waals surface area (Å²) in [5, 5.41) is 14.5. The number of ketones is 1. The van der Waals surface area contributed by atoms with Crippen molar-refractivity contribution in [2.75, 3.05) is 22.6 Å². The lowest BCUT2D eigenvalue weighted by molar-refractivity contribution is -0.117. The van der Waals surface area contributed by atoms with E-state index < -0.39 is 19.1 Å². The van der Waals surface area contributed by atoms with E-state index in [1.54, 1.807) is 10.9 Å². The van der Waals surface area contributed by atoms with Gasteiger partial charge in [0, 0.05) is 42.0 Å². The van der Waals surface area contributed by atoms with Gasteiger partial charge in [-0.15, -0.1) is 5.10 Å². The van der Waals surface area contributed by atoms with Crippen molar-refractivity contribution in [3.8, 4) is 5.69 Å². The highest BCUT2D eigenvalue weighted by Gasteiger charge is 2.32. The minimum Gasteiger partial charge on any atom is -0.361 e. The van der Waals surface area contributed by atoms with E-state index in [-0.39, 0.29) is 29.2 Å². The minimum atomic E-state index is -2.44. The van der Waals surface area contributed by atoms with Crippen LogP contribution in [0.3, 0.4) is 0 Å². The molecule has 1 saturated carbocycles. The summed E-state index contributed by atoms with van der Waals surface area (Å²) in [5.41, 5.74) is 3.68. The van der Waals surface area contributed by atoms with Crippen molar-refractivity contribution in [2.24, 2.45) is 5.92 Å². The van der Waals surface area contributed by atoms with Crippen molar-refractivity contribution < 1.29 is 13.7 Å². The summed E-state index contributed by atoms with van der Waals surface area (Å²) in [6.45, 7) is 1.51. The molecule has 1 amide bonds. The van der Waals surface area contributed by atoms with E-state index in [1.165, 1.54) is 12.3 Å². The van der Waals surface area contributed by atoms with Gasteiger partial charge in [0.1, 0.15) is 11.5 Å². The smallest absolute Gasteiger partial charge is 0.228 e. The van der Waals surface area contributed by atoms with Crippen molar-refractivity contribution in [2.45, 2.75) is 46.0 Å². The fraction of sp³-hybridized carbons (Fsp3) is 0.391. The highest BCUT2D eigenvalue weighted by atomic mass is 16.2. The summed E-state index contributed by atoms with van der Waals surface area (Å²) >= 11 is 0. The maximum absolute atomic E-state index is 12.9. The summed E-state index contributed by atoms with van der Waals surface area (Å²) < 4.78 is 24.3. The molecule has 0 saturated heterocycles. The van der Waals surface area contributed by atoms with Crippen LogP contribution in [0.4, 0.5) is 23.0 Å². The fourth-order valence-corrected chi connectivity index (χ4v) is 4.10. The average molecular weight is 450 g/mol. The van der Waals surface area contributed by atoms with E-state index >= 15 is 0 Å². The Morgan fingerprint density at radius 2 is 2.12 bits per heavy atom. The highest BCUT2D eigenvalue weighted by Crippen LogP contribution is 2.42. The Labute approximate surface area is 195 Å². The molecule has 10 heteroatoms. The number of nitrogens with zero attached hydrogens (tertiary/aromatic N) is 6. The van der Waals surface area contributed by atoms with Crippen LogP contribution in [0.5, 0.6) is 0 Å². The van der Waals surface area contributed by atoms with Gasteiger partial charge in [0.05, 0.1) is 34.4 Å². The highest BCUT2D eigenvalue weighted by molar-refractivity contribution is 6.03. The first-order valence-electron chi connectivity index (χ1n) is 12.3. The maximum Gasteiger partial charge on any atom is 0.228 e. The zero-order chi connectivity index (χ0) is 25.8. The van der Waals surface area contributed by atoms with Crippen LogP contribution in [-0.4, -0.2) is 43.7 Å². The molecule has 0 aromatic carbocycles. The van der Waals surface area contributed by atoms with Crippen LogP contribution in [0.25, 0.3) is 5.69 Å². The normalized spacial score (nSPS) is 18.5. The van der Waals surface area contributed by atoms with Crippen LogP contribution < -0.4 is 15.5 Å². The summed E-state index contributed by atoms with van der Waals surface area (Å²) in [4.78, 5) is 36.0. The SMILES string of the molecule is [2H]C([2H])([2H])CC(=O)c1cnc(NC(=O)C2CC2)cc1Nc1nccc2c1N(C)C(C)c1c(C)nnn1-2. The van der Waals surface area contributed by atoms with Crippen LogP contribution in [-0.2, 0) is 4.79 Å². The van der Waals surface area contributed by atoms with E-state index in [0.717, 1.165) is 35.6 Å². The van der Waals surface area contributed by atoms with E-state index in [2.05, 4.69) is 30.9 Å².